The van der Waals surface area contributed by atoms with Crippen molar-refractivity contribution in [3.63, 3.8) is 0 Å². The Morgan fingerprint density at radius 2 is 1.76 bits per heavy atom. The minimum Gasteiger partial charge on any atom is -0.419 e. The highest BCUT2D eigenvalue weighted by Gasteiger charge is 2.32. The molecule has 8 heteroatoms. The summed E-state index contributed by atoms with van der Waals surface area (Å²) in [4.78, 5) is 0. The molecule has 0 fully saturated rings. The Bertz CT molecular complexity index is 872. The van der Waals surface area contributed by atoms with E-state index in [-0.39, 0.29) is 29.7 Å². The molecule has 0 radical (unpaired) electrons. The summed E-state index contributed by atoms with van der Waals surface area (Å²) in [6, 6.07) is 9.49. The van der Waals surface area contributed by atoms with Crippen molar-refractivity contribution in [1.29, 1.82) is 0 Å². The summed E-state index contributed by atoms with van der Waals surface area (Å²) in [5.41, 5.74) is 0.291. The van der Waals surface area contributed by atoms with Gasteiger partial charge in [-0.25, -0.2) is 4.39 Å². The fraction of sp³-hybridized carbons (Fsp3) is 0.176. The van der Waals surface area contributed by atoms with Crippen LogP contribution < -0.4 is 5.32 Å². The first-order valence-corrected chi connectivity index (χ1v) is 7.33. The smallest absolute Gasteiger partial charge is 0.416 e. The molecule has 1 aromatic heterocycles. The third kappa shape index (κ3) is 3.96. The van der Waals surface area contributed by atoms with E-state index in [0.717, 1.165) is 6.07 Å². The third-order valence-electron chi connectivity index (χ3n) is 3.54. The van der Waals surface area contributed by atoms with Gasteiger partial charge >= 0.3 is 6.18 Å². The zero-order valence-electron chi connectivity index (χ0n) is 13.1. The molecule has 0 aliphatic heterocycles. The monoisotopic (exact) mass is 351 g/mol. The molecule has 1 N–H and O–H groups in total. The zero-order valence-corrected chi connectivity index (χ0v) is 13.1. The third-order valence-corrected chi connectivity index (χ3v) is 3.54. The first kappa shape index (κ1) is 16.9. The van der Waals surface area contributed by atoms with Gasteiger partial charge in [0.05, 0.1) is 12.1 Å². The van der Waals surface area contributed by atoms with Crippen molar-refractivity contribution < 1.29 is 22.0 Å². The van der Waals surface area contributed by atoms with Gasteiger partial charge < -0.3 is 9.73 Å². The Morgan fingerprint density at radius 1 is 1.04 bits per heavy atom. The highest BCUT2D eigenvalue weighted by molar-refractivity contribution is 5.52. The summed E-state index contributed by atoms with van der Waals surface area (Å²) < 4.78 is 57.1. The molecule has 0 unspecified atom stereocenters. The molecule has 0 saturated heterocycles. The predicted octanol–water partition coefficient (Wildman–Crippen LogP) is 4.82. The van der Waals surface area contributed by atoms with Crippen LogP contribution in [0.15, 0.2) is 46.9 Å². The summed E-state index contributed by atoms with van der Waals surface area (Å²) >= 11 is 0. The van der Waals surface area contributed by atoms with Crippen LogP contribution in [-0.2, 0) is 12.7 Å². The molecule has 25 heavy (non-hydrogen) atoms. The van der Waals surface area contributed by atoms with E-state index in [1.54, 1.807) is 6.07 Å². The van der Waals surface area contributed by atoms with Crippen molar-refractivity contribution in [2.75, 3.05) is 5.32 Å². The Balaban J connectivity index is 1.71. The molecule has 3 aromatic rings. The van der Waals surface area contributed by atoms with E-state index in [0.29, 0.717) is 11.3 Å². The SMILES string of the molecule is Cc1ccc(NCc2nnc(-c3ccc(F)cc3)o2)cc1C(F)(F)F. The molecule has 3 rings (SSSR count). The van der Waals surface area contributed by atoms with Crippen molar-refractivity contribution >= 4 is 5.69 Å². The van der Waals surface area contributed by atoms with Crippen LogP contribution in [0.2, 0.25) is 0 Å². The van der Waals surface area contributed by atoms with Crippen LogP contribution in [0.5, 0.6) is 0 Å². The lowest BCUT2D eigenvalue weighted by molar-refractivity contribution is -0.138. The van der Waals surface area contributed by atoms with Gasteiger partial charge in [0.15, 0.2) is 0 Å². The molecule has 130 valence electrons. The molecular weight excluding hydrogens is 338 g/mol. The van der Waals surface area contributed by atoms with Crippen LogP contribution in [0.25, 0.3) is 11.5 Å². The maximum Gasteiger partial charge on any atom is 0.416 e. The second kappa shape index (κ2) is 6.54. The second-order valence-corrected chi connectivity index (χ2v) is 5.39. The Labute approximate surface area is 140 Å². The summed E-state index contributed by atoms with van der Waals surface area (Å²) in [7, 11) is 0. The van der Waals surface area contributed by atoms with Gasteiger partial charge in [-0.05, 0) is 48.9 Å². The van der Waals surface area contributed by atoms with Gasteiger partial charge in [-0.15, -0.1) is 10.2 Å². The van der Waals surface area contributed by atoms with E-state index < -0.39 is 11.7 Å². The highest BCUT2D eigenvalue weighted by Crippen LogP contribution is 2.33. The summed E-state index contributed by atoms with van der Waals surface area (Å²) in [5, 5.41) is 10.5. The van der Waals surface area contributed by atoms with E-state index in [2.05, 4.69) is 15.5 Å². The van der Waals surface area contributed by atoms with Gasteiger partial charge in [0.1, 0.15) is 5.82 Å². The second-order valence-electron chi connectivity index (χ2n) is 5.39. The number of alkyl halides is 3. The van der Waals surface area contributed by atoms with E-state index in [4.69, 9.17) is 4.42 Å². The van der Waals surface area contributed by atoms with E-state index in [1.807, 2.05) is 0 Å². The normalized spacial score (nSPS) is 11.6. The number of nitrogens with one attached hydrogen (secondary N) is 1. The van der Waals surface area contributed by atoms with Gasteiger partial charge in [-0.2, -0.15) is 13.2 Å². The number of anilines is 1. The van der Waals surface area contributed by atoms with E-state index in [1.165, 1.54) is 37.3 Å². The predicted molar refractivity (Wildman–Crippen MR) is 83.2 cm³/mol. The van der Waals surface area contributed by atoms with Gasteiger partial charge in [-0.1, -0.05) is 6.07 Å². The number of rotatable bonds is 4. The van der Waals surface area contributed by atoms with E-state index in [9.17, 15) is 17.6 Å². The number of hydrogen-bond acceptors (Lipinski definition) is 4. The number of aryl methyl sites for hydroxylation is 1. The van der Waals surface area contributed by atoms with Crippen molar-refractivity contribution in [2.45, 2.75) is 19.6 Å². The lowest BCUT2D eigenvalue weighted by Crippen LogP contribution is -2.09. The summed E-state index contributed by atoms with van der Waals surface area (Å²) in [6.07, 6.45) is -4.41. The van der Waals surface area contributed by atoms with Crippen LogP contribution in [0.4, 0.5) is 23.2 Å². The van der Waals surface area contributed by atoms with E-state index >= 15 is 0 Å². The quantitative estimate of drug-likeness (QED) is 0.685. The maximum absolute atomic E-state index is 12.9. The number of nitrogens with zero attached hydrogens (tertiary/aromatic N) is 2. The topological polar surface area (TPSA) is 51.0 Å². The average molecular weight is 351 g/mol. The summed E-state index contributed by atoms with van der Waals surface area (Å²) in [6.45, 7) is 1.47. The molecule has 0 amide bonds. The molecule has 0 aliphatic rings. The molecule has 4 nitrogen and oxygen atoms in total. The van der Waals surface area contributed by atoms with Gasteiger partial charge in [0, 0.05) is 11.3 Å². The summed E-state index contributed by atoms with van der Waals surface area (Å²) in [5.74, 6) is 0.0233. The van der Waals surface area contributed by atoms with Crippen LogP contribution in [-0.4, -0.2) is 10.2 Å². The van der Waals surface area contributed by atoms with Crippen LogP contribution in [0.3, 0.4) is 0 Å². The van der Waals surface area contributed by atoms with Crippen molar-refractivity contribution in [3.8, 4) is 11.5 Å². The van der Waals surface area contributed by atoms with Crippen molar-refractivity contribution in [2.24, 2.45) is 0 Å². The maximum atomic E-state index is 12.9. The molecule has 0 saturated carbocycles. The first-order chi connectivity index (χ1) is 11.8. The van der Waals surface area contributed by atoms with Crippen LogP contribution >= 0.6 is 0 Å². The lowest BCUT2D eigenvalue weighted by Gasteiger charge is -2.12. The van der Waals surface area contributed by atoms with Crippen molar-refractivity contribution in [1.82, 2.24) is 10.2 Å². The zero-order chi connectivity index (χ0) is 18.0. The molecule has 0 aliphatic carbocycles. The molecule has 0 spiro atoms. The van der Waals surface area contributed by atoms with Gasteiger partial charge in [-0.3, -0.25) is 0 Å². The standard InChI is InChI=1S/C17H13F4N3O/c1-10-2-7-13(8-14(10)17(19,20)21)22-9-15-23-24-16(25-15)11-3-5-12(18)6-4-11/h2-8,22H,9H2,1H3. The van der Waals surface area contributed by atoms with Crippen molar-refractivity contribution in [3.05, 3.63) is 65.3 Å². The number of halogens is 4. The number of aromatic nitrogens is 2. The fourth-order valence-electron chi connectivity index (χ4n) is 2.25. The Morgan fingerprint density at radius 3 is 2.44 bits per heavy atom. The molecule has 0 bridgehead atoms. The lowest BCUT2D eigenvalue weighted by atomic mass is 10.1. The Kier molecular flexibility index (Phi) is 4.43. The van der Waals surface area contributed by atoms with Gasteiger partial charge in [0.25, 0.3) is 0 Å². The average Bonchev–Trinajstić information content (AvgIpc) is 3.02. The minimum absolute atomic E-state index is 0.0640. The number of benzene rings is 2. The largest absolute Gasteiger partial charge is 0.419 e. The van der Waals surface area contributed by atoms with Crippen LogP contribution in [0, 0.1) is 12.7 Å². The Hall–Kier alpha value is -2.90. The van der Waals surface area contributed by atoms with Gasteiger partial charge in [0.2, 0.25) is 11.8 Å². The highest BCUT2D eigenvalue weighted by atomic mass is 19.4. The molecular formula is C17H13F4N3O. The molecule has 0 atom stereocenters. The van der Waals surface area contributed by atoms with Crippen LogP contribution in [0.1, 0.15) is 17.0 Å². The first-order valence-electron chi connectivity index (χ1n) is 7.33. The molecule has 2 aromatic carbocycles. The fourth-order valence-corrected chi connectivity index (χ4v) is 2.25. The molecule has 1 heterocycles. The minimum atomic E-state index is -4.41. The number of hydrogen-bond donors (Lipinski definition) is 1.